The number of thiazole rings is 1. The molecule has 0 bridgehead atoms. The van der Waals surface area contributed by atoms with E-state index in [9.17, 15) is 9.59 Å². The van der Waals surface area contributed by atoms with Gasteiger partial charge in [-0.2, -0.15) is 0 Å². The highest BCUT2D eigenvalue weighted by Crippen LogP contribution is 2.35. The van der Waals surface area contributed by atoms with E-state index >= 15 is 0 Å². The van der Waals surface area contributed by atoms with Crippen LogP contribution in [-0.4, -0.2) is 16.7 Å². The van der Waals surface area contributed by atoms with Crippen molar-refractivity contribution in [3.63, 3.8) is 0 Å². The first-order chi connectivity index (χ1) is 11.5. The van der Waals surface area contributed by atoms with Gasteiger partial charge < -0.3 is 5.32 Å². The Hall–Kier alpha value is -1.43. The highest BCUT2D eigenvalue weighted by atomic mass is 35.5. The normalized spacial score (nSPS) is 18.6. The monoisotopic (exact) mass is 382 g/mol. The van der Waals surface area contributed by atoms with Crippen LogP contribution < -0.4 is 5.32 Å². The number of carbonyl (C=O) groups excluding carboxylic acids is 2. The predicted octanol–water partition coefficient (Wildman–Crippen LogP) is 4.93. The zero-order valence-electron chi connectivity index (χ0n) is 12.8. The van der Waals surface area contributed by atoms with Crippen LogP contribution in [0.3, 0.4) is 0 Å². The van der Waals surface area contributed by atoms with Crippen molar-refractivity contribution in [2.75, 3.05) is 5.32 Å². The molecule has 1 aromatic heterocycles. The number of ketones is 1. The van der Waals surface area contributed by atoms with Gasteiger partial charge in [0, 0.05) is 23.9 Å². The lowest BCUT2D eigenvalue weighted by Crippen LogP contribution is -2.24. The van der Waals surface area contributed by atoms with Crippen LogP contribution in [0.25, 0.3) is 0 Å². The number of hydrogen-bond acceptors (Lipinski definition) is 4. The summed E-state index contributed by atoms with van der Waals surface area (Å²) in [6.07, 6.45) is 4.45. The highest BCUT2D eigenvalue weighted by Gasteiger charge is 2.31. The molecule has 1 aromatic carbocycles. The Morgan fingerprint density at radius 2 is 2.21 bits per heavy atom. The fourth-order valence-electron chi connectivity index (χ4n) is 3.02. The van der Waals surface area contributed by atoms with Gasteiger partial charge in [0.25, 0.3) is 0 Å². The standard InChI is InChI=1S/C17H16Cl2N2O2S/c18-13-5-4-10(9-14(13)19)12(8-11-2-1-3-15(11)22)16(23)21-17-20-6-7-24-17/h4-7,9,11-12H,1-3,8H2,(H,20,21,23). The zero-order chi connectivity index (χ0) is 17.1. The number of Topliss-reactive ketones (excluding diaryl/α,β-unsaturated/α-hetero) is 1. The number of nitrogens with zero attached hydrogens (tertiary/aromatic N) is 1. The molecule has 0 spiro atoms. The van der Waals surface area contributed by atoms with E-state index in [-0.39, 0.29) is 17.6 Å². The summed E-state index contributed by atoms with van der Waals surface area (Å²) < 4.78 is 0. The third-order valence-corrected chi connectivity index (χ3v) is 5.70. The van der Waals surface area contributed by atoms with E-state index in [1.54, 1.807) is 29.8 Å². The van der Waals surface area contributed by atoms with Gasteiger partial charge in [0.15, 0.2) is 5.13 Å². The van der Waals surface area contributed by atoms with Crippen molar-refractivity contribution in [2.45, 2.75) is 31.6 Å². The predicted molar refractivity (Wildman–Crippen MR) is 96.9 cm³/mol. The number of aromatic nitrogens is 1. The molecular formula is C17H16Cl2N2O2S. The Kier molecular flexibility index (Phi) is 5.54. The molecule has 1 amide bonds. The molecule has 126 valence electrons. The number of rotatable bonds is 5. The third-order valence-electron chi connectivity index (χ3n) is 4.28. The zero-order valence-corrected chi connectivity index (χ0v) is 15.1. The Morgan fingerprint density at radius 3 is 2.83 bits per heavy atom. The molecule has 2 unspecified atom stereocenters. The van der Waals surface area contributed by atoms with E-state index in [0.717, 1.165) is 18.4 Å². The second kappa shape index (κ2) is 7.64. The first-order valence-electron chi connectivity index (χ1n) is 7.72. The van der Waals surface area contributed by atoms with Gasteiger partial charge in [0.2, 0.25) is 5.91 Å². The average Bonchev–Trinajstić information content (AvgIpc) is 3.19. The molecule has 24 heavy (non-hydrogen) atoms. The summed E-state index contributed by atoms with van der Waals surface area (Å²) in [5.74, 6) is -0.479. The van der Waals surface area contributed by atoms with Crippen LogP contribution in [0, 0.1) is 5.92 Å². The fourth-order valence-corrected chi connectivity index (χ4v) is 3.86. The number of halogens is 2. The first-order valence-corrected chi connectivity index (χ1v) is 9.36. The second-order valence-electron chi connectivity index (χ2n) is 5.84. The topological polar surface area (TPSA) is 59.1 Å². The maximum absolute atomic E-state index is 12.8. The smallest absolute Gasteiger partial charge is 0.233 e. The Labute approximate surface area is 154 Å². The maximum atomic E-state index is 12.8. The van der Waals surface area contributed by atoms with E-state index in [1.165, 1.54) is 11.3 Å². The van der Waals surface area contributed by atoms with E-state index in [4.69, 9.17) is 23.2 Å². The number of benzene rings is 1. The molecule has 1 heterocycles. The summed E-state index contributed by atoms with van der Waals surface area (Å²) in [4.78, 5) is 28.9. The van der Waals surface area contributed by atoms with Gasteiger partial charge in [0.05, 0.1) is 16.0 Å². The lowest BCUT2D eigenvalue weighted by atomic mass is 9.87. The minimum absolute atomic E-state index is 0.0773. The van der Waals surface area contributed by atoms with E-state index < -0.39 is 5.92 Å². The summed E-state index contributed by atoms with van der Waals surface area (Å²) in [6, 6.07) is 5.18. The SMILES string of the molecule is O=C1CCCC1CC(C(=O)Nc1nccs1)c1ccc(Cl)c(Cl)c1. The molecule has 1 saturated carbocycles. The second-order valence-corrected chi connectivity index (χ2v) is 7.55. The molecule has 1 fully saturated rings. The summed E-state index contributed by atoms with van der Waals surface area (Å²) in [5.41, 5.74) is 0.762. The summed E-state index contributed by atoms with van der Waals surface area (Å²) in [6.45, 7) is 0. The average molecular weight is 383 g/mol. The van der Waals surface area contributed by atoms with Gasteiger partial charge in [-0.3, -0.25) is 9.59 Å². The van der Waals surface area contributed by atoms with Gasteiger partial charge in [-0.15, -0.1) is 11.3 Å². The van der Waals surface area contributed by atoms with Crippen molar-refractivity contribution in [2.24, 2.45) is 5.92 Å². The van der Waals surface area contributed by atoms with Gasteiger partial charge in [-0.25, -0.2) is 4.98 Å². The Bertz CT molecular complexity index is 749. The third kappa shape index (κ3) is 3.97. The van der Waals surface area contributed by atoms with E-state index in [1.807, 2.05) is 0 Å². The Balaban J connectivity index is 1.85. The lowest BCUT2D eigenvalue weighted by molar-refractivity contribution is -0.121. The van der Waals surface area contributed by atoms with Gasteiger partial charge in [-0.1, -0.05) is 29.3 Å². The number of amides is 1. The van der Waals surface area contributed by atoms with Crippen LogP contribution in [0.2, 0.25) is 10.0 Å². The van der Waals surface area contributed by atoms with Gasteiger partial charge in [-0.05, 0) is 37.0 Å². The summed E-state index contributed by atoms with van der Waals surface area (Å²) in [7, 11) is 0. The quantitative estimate of drug-likeness (QED) is 0.796. The lowest BCUT2D eigenvalue weighted by Gasteiger charge is -2.20. The molecule has 1 N–H and O–H groups in total. The first kappa shape index (κ1) is 17.4. The molecule has 2 aromatic rings. The molecule has 0 radical (unpaired) electrons. The number of nitrogens with one attached hydrogen (secondary N) is 1. The molecule has 0 saturated heterocycles. The van der Waals surface area contributed by atoms with Crippen LogP contribution in [0.5, 0.6) is 0 Å². The van der Waals surface area contributed by atoms with Crippen molar-refractivity contribution >= 4 is 51.4 Å². The molecule has 7 heteroatoms. The van der Waals surface area contributed by atoms with Crippen LogP contribution in [0.4, 0.5) is 5.13 Å². The van der Waals surface area contributed by atoms with Crippen LogP contribution >= 0.6 is 34.5 Å². The fraction of sp³-hybridized carbons (Fsp3) is 0.353. The minimum atomic E-state index is -0.462. The molecular weight excluding hydrogens is 367 g/mol. The van der Waals surface area contributed by atoms with Crippen LogP contribution in [0.15, 0.2) is 29.8 Å². The molecule has 2 atom stereocenters. The molecule has 0 aliphatic heterocycles. The van der Waals surface area contributed by atoms with Crippen molar-refractivity contribution in [3.05, 3.63) is 45.4 Å². The van der Waals surface area contributed by atoms with Crippen molar-refractivity contribution in [3.8, 4) is 0 Å². The van der Waals surface area contributed by atoms with Crippen molar-refractivity contribution < 1.29 is 9.59 Å². The van der Waals surface area contributed by atoms with Crippen LogP contribution in [0.1, 0.15) is 37.2 Å². The van der Waals surface area contributed by atoms with Gasteiger partial charge >= 0.3 is 0 Å². The van der Waals surface area contributed by atoms with Crippen molar-refractivity contribution in [1.29, 1.82) is 0 Å². The van der Waals surface area contributed by atoms with E-state index in [0.29, 0.717) is 28.0 Å². The van der Waals surface area contributed by atoms with Gasteiger partial charge in [0.1, 0.15) is 5.78 Å². The van der Waals surface area contributed by atoms with Crippen LogP contribution in [-0.2, 0) is 9.59 Å². The van der Waals surface area contributed by atoms with E-state index in [2.05, 4.69) is 10.3 Å². The largest absolute Gasteiger partial charge is 0.301 e. The molecule has 4 nitrogen and oxygen atoms in total. The molecule has 1 aliphatic carbocycles. The number of carbonyl (C=O) groups is 2. The molecule has 3 rings (SSSR count). The summed E-state index contributed by atoms with van der Waals surface area (Å²) >= 11 is 13.4. The molecule has 1 aliphatic rings. The summed E-state index contributed by atoms with van der Waals surface area (Å²) in [5, 5.41) is 6.01. The minimum Gasteiger partial charge on any atom is -0.301 e. The Morgan fingerprint density at radius 1 is 1.38 bits per heavy atom. The highest BCUT2D eigenvalue weighted by molar-refractivity contribution is 7.13. The van der Waals surface area contributed by atoms with Crippen molar-refractivity contribution in [1.82, 2.24) is 4.98 Å². The number of anilines is 1. The number of hydrogen-bond donors (Lipinski definition) is 1. The maximum Gasteiger partial charge on any atom is 0.233 e.